The zero-order chi connectivity index (χ0) is 37.3. The number of nitro benzene ring substituents is 1. The number of hydrogen-bond acceptors (Lipinski definition) is 8. The summed E-state index contributed by atoms with van der Waals surface area (Å²) in [7, 11) is -1.85. The Hall–Kier alpha value is -5.14. The molecule has 0 spiro atoms. The summed E-state index contributed by atoms with van der Waals surface area (Å²) < 4.78 is 40.7. The molecule has 0 aliphatic rings. The minimum absolute atomic E-state index is 0.0760. The molecule has 0 aliphatic carbocycles. The summed E-state index contributed by atoms with van der Waals surface area (Å²) in [5.74, 6) is -0.553. The third-order valence-electron chi connectivity index (χ3n) is 8.41. The van der Waals surface area contributed by atoms with Gasteiger partial charge in [-0.05, 0) is 67.8 Å². The summed E-state index contributed by atoms with van der Waals surface area (Å²) in [5.41, 5.74) is 1.16. The number of carbonyl (C=O) groups excluding carboxylic acids is 2. The lowest BCUT2D eigenvalue weighted by atomic mass is 10.0. The summed E-state index contributed by atoms with van der Waals surface area (Å²) >= 11 is 6.35. The van der Waals surface area contributed by atoms with Crippen molar-refractivity contribution in [2.24, 2.45) is 0 Å². The van der Waals surface area contributed by atoms with Gasteiger partial charge in [0.05, 0.1) is 29.7 Å². The number of anilines is 1. The highest BCUT2D eigenvalue weighted by atomic mass is 35.5. The second-order valence-corrected chi connectivity index (χ2v) is 14.2. The fraction of sp³-hybridized carbons (Fsp3) is 0.297. The first-order chi connectivity index (χ1) is 24.3. The highest BCUT2D eigenvalue weighted by molar-refractivity contribution is 7.92. The molecule has 0 unspecified atom stereocenters. The number of methoxy groups -OCH3 is 2. The SMILES string of the molecule is CC[C@@H](C)NC(=O)[C@H](Cc1ccccc1)N(Cc1cccc(OC)c1)C(=O)CN(c1cc(Cl)ccc1OC)S(=O)(=O)c1ccc(C)c([N+](=O)[O-])c1. The van der Waals surface area contributed by atoms with Crippen molar-refractivity contribution in [3.63, 3.8) is 0 Å². The number of nitrogens with zero attached hydrogens (tertiary/aromatic N) is 3. The molecule has 4 aromatic rings. The van der Waals surface area contributed by atoms with Crippen LogP contribution < -0.4 is 19.1 Å². The van der Waals surface area contributed by atoms with Crippen molar-refractivity contribution >= 4 is 44.8 Å². The highest BCUT2D eigenvalue weighted by Gasteiger charge is 2.36. The number of sulfonamides is 1. The Balaban J connectivity index is 1.91. The largest absolute Gasteiger partial charge is 0.497 e. The van der Waals surface area contributed by atoms with Crippen LogP contribution in [0.4, 0.5) is 11.4 Å². The van der Waals surface area contributed by atoms with Crippen molar-refractivity contribution in [3.05, 3.63) is 123 Å². The Morgan fingerprint density at radius 1 is 0.941 bits per heavy atom. The lowest BCUT2D eigenvalue weighted by Crippen LogP contribution is -2.54. The zero-order valence-electron chi connectivity index (χ0n) is 29.0. The lowest BCUT2D eigenvalue weighted by molar-refractivity contribution is -0.385. The van der Waals surface area contributed by atoms with Gasteiger partial charge in [-0.3, -0.25) is 24.0 Å². The van der Waals surface area contributed by atoms with Crippen LogP contribution in [0.25, 0.3) is 0 Å². The number of hydrogen-bond donors (Lipinski definition) is 1. The van der Waals surface area contributed by atoms with E-state index in [0.29, 0.717) is 17.7 Å². The molecule has 14 heteroatoms. The lowest BCUT2D eigenvalue weighted by Gasteiger charge is -2.34. The first kappa shape index (κ1) is 38.7. The molecule has 0 aliphatic heterocycles. The average Bonchev–Trinajstić information content (AvgIpc) is 3.12. The molecule has 0 aromatic heterocycles. The Morgan fingerprint density at radius 2 is 1.65 bits per heavy atom. The van der Waals surface area contributed by atoms with Crippen molar-refractivity contribution < 1.29 is 32.4 Å². The first-order valence-electron chi connectivity index (χ1n) is 16.2. The zero-order valence-corrected chi connectivity index (χ0v) is 30.6. The maximum atomic E-state index is 14.8. The number of amides is 2. The van der Waals surface area contributed by atoms with Gasteiger partial charge in [0.2, 0.25) is 11.8 Å². The Labute approximate surface area is 303 Å². The van der Waals surface area contributed by atoms with E-state index in [-0.39, 0.29) is 41.0 Å². The summed E-state index contributed by atoms with van der Waals surface area (Å²) in [6.45, 7) is 4.37. The van der Waals surface area contributed by atoms with Gasteiger partial charge >= 0.3 is 0 Å². The predicted octanol–water partition coefficient (Wildman–Crippen LogP) is 6.32. The summed E-state index contributed by atoms with van der Waals surface area (Å²) in [6, 6.07) is 22.7. The molecule has 4 aromatic carbocycles. The number of nitrogens with one attached hydrogen (secondary N) is 1. The van der Waals surface area contributed by atoms with Gasteiger partial charge in [-0.25, -0.2) is 8.42 Å². The van der Waals surface area contributed by atoms with Gasteiger partial charge in [-0.1, -0.05) is 67.1 Å². The van der Waals surface area contributed by atoms with Crippen molar-refractivity contribution in [1.29, 1.82) is 0 Å². The van der Waals surface area contributed by atoms with E-state index in [2.05, 4.69) is 5.32 Å². The van der Waals surface area contributed by atoms with Gasteiger partial charge in [0, 0.05) is 35.7 Å². The maximum Gasteiger partial charge on any atom is 0.273 e. The second-order valence-electron chi connectivity index (χ2n) is 11.9. The molecule has 0 heterocycles. The quantitative estimate of drug-likeness (QED) is 0.104. The van der Waals surface area contributed by atoms with E-state index in [1.807, 2.05) is 44.2 Å². The monoisotopic (exact) mass is 736 g/mol. The van der Waals surface area contributed by atoms with Crippen LogP contribution >= 0.6 is 11.6 Å². The topological polar surface area (TPSA) is 148 Å². The van der Waals surface area contributed by atoms with E-state index < -0.39 is 49.9 Å². The molecule has 270 valence electrons. The Bertz CT molecular complexity index is 1980. The van der Waals surface area contributed by atoms with Crippen LogP contribution in [-0.4, -0.2) is 62.9 Å². The van der Waals surface area contributed by atoms with Crippen LogP contribution in [0.3, 0.4) is 0 Å². The van der Waals surface area contributed by atoms with Gasteiger partial charge in [0.15, 0.2) is 0 Å². The highest BCUT2D eigenvalue weighted by Crippen LogP contribution is 2.36. The normalized spacial score (nSPS) is 12.4. The minimum atomic E-state index is -4.69. The van der Waals surface area contributed by atoms with Crippen LogP contribution in [0, 0.1) is 17.0 Å². The van der Waals surface area contributed by atoms with Gasteiger partial charge in [-0.15, -0.1) is 0 Å². The molecule has 0 radical (unpaired) electrons. The van der Waals surface area contributed by atoms with E-state index in [9.17, 15) is 28.1 Å². The minimum Gasteiger partial charge on any atom is -0.497 e. The van der Waals surface area contributed by atoms with Gasteiger partial charge in [0.25, 0.3) is 15.7 Å². The molecule has 2 amide bonds. The first-order valence-corrected chi connectivity index (χ1v) is 18.0. The van der Waals surface area contributed by atoms with Gasteiger partial charge in [-0.2, -0.15) is 0 Å². The van der Waals surface area contributed by atoms with Crippen molar-refractivity contribution in [2.45, 2.75) is 57.1 Å². The summed E-state index contributed by atoms with van der Waals surface area (Å²) in [6.07, 6.45) is 0.757. The molecule has 0 saturated carbocycles. The van der Waals surface area contributed by atoms with Gasteiger partial charge in [0.1, 0.15) is 24.1 Å². The fourth-order valence-electron chi connectivity index (χ4n) is 5.41. The number of carbonyl (C=O) groups is 2. The molecule has 51 heavy (non-hydrogen) atoms. The van der Waals surface area contributed by atoms with Gasteiger partial charge < -0.3 is 19.7 Å². The van der Waals surface area contributed by atoms with E-state index >= 15 is 0 Å². The van der Waals surface area contributed by atoms with E-state index in [4.69, 9.17) is 21.1 Å². The molecule has 12 nitrogen and oxygen atoms in total. The molecule has 2 atom stereocenters. The molecule has 0 fully saturated rings. The smallest absolute Gasteiger partial charge is 0.273 e. The number of ether oxygens (including phenoxy) is 2. The number of halogens is 1. The summed E-state index contributed by atoms with van der Waals surface area (Å²) in [5, 5.41) is 15.0. The fourth-order valence-corrected chi connectivity index (χ4v) is 7.01. The van der Waals surface area contributed by atoms with Crippen molar-refractivity contribution in [2.75, 3.05) is 25.1 Å². The molecular formula is C37H41ClN4O8S. The number of aryl methyl sites for hydroxylation is 1. The standard InChI is InChI=1S/C37H41ClN4O8S/c1-6-26(3)39-37(44)34(20-27-11-8-7-9-12-27)40(23-28-13-10-14-30(19-28)49-4)36(43)24-41(33-21-29(38)16-18-35(33)50-5)51(47,48)31-17-15-25(2)32(22-31)42(45)46/h7-19,21-22,26,34H,6,20,23-24H2,1-5H3,(H,39,44)/t26-,34+/m1/s1. The Morgan fingerprint density at radius 3 is 2.29 bits per heavy atom. The van der Waals surface area contributed by atoms with Crippen LogP contribution in [0.5, 0.6) is 11.5 Å². The van der Waals surface area contributed by atoms with Crippen LogP contribution in [0.1, 0.15) is 37.0 Å². The molecule has 0 bridgehead atoms. The molecule has 1 N–H and O–H groups in total. The third kappa shape index (κ3) is 9.56. The van der Waals surface area contributed by atoms with Crippen molar-refractivity contribution in [1.82, 2.24) is 10.2 Å². The van der Waals surface area contributed by atoms with Crippen LogP contribution in [0.15, 0.2) is 95.9 Å². The summed E-state index contributed by atoms with van der Waals surface area (Å²) in [4.78, 5) is 40.9. The maximum absolute atomic E-state index is 14.8. The molecule has 4 rings (SSSR count). The third-order valence-corrected chi connectivity index (χ3v) is 10.4. The number of rotatable bonds is 16. The second kappa shape index (κ2) is 17.2. The van der Waals surface area contributed by atoms with E-state index in [1.165, 1.54) is 56.4 Å². The van der Waals surface area contributed by atoms with Crippen LogP contribution in [-0.2, 0) is 32.6 Å². The molecular weight excluding hydrogens is 696 g/mol. The average molecular weight is 737 g/mol. The van der Waals surface area contributed by atoms with Crippen molar-refractivity contribution in [3.8, 4) is 11.5 Å². The Kier molecular flexibility index (Phi) is 13.0. The van der Waals surface area contributed by atoms with E-state index in [0.717, 1.165) is 15.9 Å². The van der Waals surface area contributed by atoms with E-state index in [1.54, 1.807) is 24.3 Å². The predicted molar refractivity (Wildman–Crippen MR) is 196 cm³/mol. The number of nitro groups is 1. The molecule has 0 saturated heterocycles. The van der Waals surface area contributed by atoms with Crippen LogP contribution in [0.2, 0.25) is 5.02 Å². The number of benzene rings is 4.